The number of rotatable bonds is 7. The van der Waals surface area contributed by atoms with Crippen molar-refractivity contribution in [1.82, 2.24) is 4.98 Å². The molecule has 1 aliphatic carbocycles. The maximum atomic E-state index is 6.34. The molecule has 1 saturated carbocycles. The number of pyridine rings is 1. The maximum absolute atomic E-state index is 6.34. The van der Waals surface area contributed by atoms with Crippen LogP contribution in [0.25, 0.3) is 0 Å². The first-order valence-corrected chi connectivity index (χ1v) is 10.1. The standard InChI is InChI=1S/C25H27NO2/c1-27-24-14-13-21(17-25(24)28-22-11-5-6-12-22)23(20-9-3-2-4-10-20)16-19-8-7-15-26-18-19/h2-4,7-10,13-15,17-18,22-23H,5-6,11-12,16H2,1H3. The number of hydrogen-bond acceptors (Lipinski definition) is 3. The second-order valence-corrected chi connectivity index (χ2v) is 7.46. The average molecular weight is 373 g/mol. The molecule has 1 fully saturated rings. The summed E-state index contributed by atoms with van der Waals surface area (Å²) in [4.78, 5) is 4.29. The van der Waals surface area contributed by atoms with E-state index < -0.39 is 0 Å². The van der Waals surface area contributed by atoms with Crippen LogP contribution in [0.4, 0.5) is 0 Å². The van der Waals surface area contributed by atoms with Gasteiger partial charge < -0.3 is 9.47 Å². The van der Waals surface area contributed by atoms with Gasteiger partial charge >= 0.3 is 0 Å². The summed E-state index contributed by atoms with van der Waals surface area (Å²) < 4.78 is 11.9. The predicted octanol–water partition coefficient (Wildman–Crippen LogP) is 5.79. The van der Waals surface area contributed by atoms with Crippen molar-refractivity contribution < 1.29 is 9.47 Å². The third kappa shape index (κ3) is 4.36. The molecular weight excluding hydrogens is 346 g/mol. The SMILES string of the molecule is COc1ccc(C(Cc2cccnc2)c2ccccc2)cc1OC1CCCC1. The van der Waals surface area contributed by atoms with E-state index in [0.717, 1.165) is 30.8 Å². The molecule has 0 aliphatic heterocycles. The molecule has 3 aromatic rings. The first kappa shape index (κ1) is 18.5. The van der Waals surface area contributed by atoms with E-state index in [1.165, 1.54) is 29.5 Å². The lowest BCUT2D eigenvalue weighted by Crippen LogP contribution is -2.12. The largest absolute Gasteiger partial charge is 0.493 e. The van der Waals surface area contributed by atoms with E-state index in [0.29, 0.717) is 6.10 Å². The van der Waals surface area contributed by atoms with Crippen molar-refractivity contribution in [1.29, 1.82) is 0 Å². The molecule has 0 amide bonds. The monoisotopic (exact) mass is 373 g/mol. The number of nitrogens with zero attached hydrogens (tertiary/aromatic N) is 1. The van der Waals surface area contributed by atoms with Gasteiger partial charge in [0.15, 0.2) is 11.5 Å². The van der Waals surface area contributed by atoms with E-state index in [1.807, 2.05) is 24.5 Å². The molecule has 1 heterocycles. The van der Waals surface area contributed by atoms with Crippen LogP contribution in [-0.4, -0.2) is 18.2 Å². The Balaban J connectivity index is 1.68. The molecule has 1 aliphatic rings. The van der Waals surface area contributed by atoms with Crippen LogP contribution in [0.1, 0.15) is 48.3 Å². The Labute approximate surface area is 167 Å². The van der Waals surface area contributed by atoms with Crippen LogP contribution in [0, 0.1) is 0 Å². The van der Waals surface area contributed by atoms with Crippen LogP contribution in [0.2, 0.25) is 0 Å². The van der Waals surface area contributed by atoms with E-state index in [9.17, 15) is 0 Å². The summed E-state index contributed by atoms with van der Waals surface area (Å²) in [7, 11) is 1.71. The Hall–Kier alpha value is -2.81. The molecule has 0 bridgehead atoms. The summed E-state index contributed by atoms with van der Waals surface area (Å²) in [5, 5.41) is 0. The van der Waals surface area contributed by atoms with Crippen LogP contribution in [0.15, 0.2) is 73.1 Å². The zero-order valence-electron chi connectivity index (χ0n) is 16.4. The highest BCUT2D eigenvalue weighted by Gasteiger charge is 2.21. The van der Waals surface area contributed by atoms with E-state index in [-0.39, 0.29) is 5.92 Å². The maximum Gasteiger partial charge on any atom is 0.161 e. The Morgan fingerprint density at radius 1 is 0.929 bits per heavy atom. The molecule has 1 aromatic heterocycles. The van der Waals surface area contributed by atoms with Crippen molar-refractivity contribution in [2.75, 3.05) is 7.11 Å². The fourth-order valence-corrected chi connectivity index (χ4v) is 4.06. The summed E-state index contributed by atoms with van der Waals surface area (Å²) >= 11 is 0. The first-order chi connectivity index (χ1) is 13.8. The van der Waals surface area contributed by atoms with Gasteiger partial charge in [0.1, 0.15) is 0 Å². The molecule has 3 heteroatoms. The smallest absolute Gasteiger partial charge is 0.161 e. The summed E-state index contributed by atoms with van der Waals surface area (Å²) in [6.07, 6.45) is 9.74. The van der Waals surface area contributed by atoms with Crippen LogP contribution in [0.5, 0.6) is 11.5 Å². The number of hydrogen-bond donors (Lipinski definition) is 0. The molecule has 3 nitrogen and oxygen atoms in total. The number of aromatic nitrogens is 1. The van der Waals surface area contributed by atoms with Crippen LogP contribution in [-0.2, 0) is 6.42 Å². The fourth-order valence-electron chi connectivity index (χ4n) is 4.06. The molecule has 1 unspecified atom stereocenters. The lowest BCUT2D eigenvalue weighted by Gasteiger charge is -2.21. The molecule has 144 valence electrons. The number of methoxy groups -OCH3 is 1. The number of ether oxygens (including phenoxy) is 2. The van der Waals surface area contributed by atoms with E-state index in [4.69, 9.17) is 9.47 Å². The Kier molecular flexibility index (Phi) is 5.91. The molecule has 0 saturated heterocycles. The van der Waals surface area contributed by atoms with Crippen molar-refractivity contribution >= 4 is 0 Å². The van der Waals surface area contributed by atoms with Gasteiger partial charge in [-0.1, -0.05) is 42.5 Å². The van der Waals surface area contributed by atoms with Gasteiger partial charge in [0.25, 0.3) is 0 Å². The lowest BCUT2D eigenvalue weighted by molar-refractivity contribution is 0.200. The molecule has 0 radical (unpaired) electrons. The van der Waals surface area contributed by atoms with Gasteiger partial charge in [0, 0.05) is 18.3 Å². The highest BCUT2D eigenvalue weighted by molar-refractivity contribution is 5.47. The Morgan fingerprint density at radius 2 is 1.75 bits per heavy atom. The lowest BCUT2D eigenvalue weighted by atomic mass is 9.86. The summed E-state index contributed by atoms with van der Waals surface area (Å²) in [5.74, 6) is 1.91. The van der Waals surface area contributed by atoms with Gasteiger partial charge in [0.05, 0.1) is 13.2 Å². The molecule has 4 rings (SSSR count). The molecule has 0 N–H and O–H groups in total. The van der Waals surface area contributed by atoms with Gasteiger partial charge in [-0.05, 0) is 67.0 Å². The predicted molar refractivity (Wildman–Crippen MR) is 112 cm³/mol. The minimum absolute atomic E-state index is 0.238. The third-order valence-corrected chi connectivity index (χ3v) is 5.55. The van der Waals surface area contributed by atoms with Crippen LogP contribution in [0.3, 0.4) is 0 Å². The Bertz CT molecular complexity index is 874. The molecule has 1 atom stereocenters. The van der Waals surface area contributed by atoms with Crippen molar-refractivity contribution in [2.24, 2.45) is 0 Å². The Morgan fingerprint density at radius 3 is 2.46 bits per heavy atom. The molecule has 2 aromatic carbocycles. The van der Waals surface area contributed by atoms with Gasteiger partial charge in [-0.2, -0.15) is 0 Å². The van der Waals surface area contributed by atoms with Crippen molar-refractivity contribution in [3.05, 3.63) is 89.7 Å². The fraction of sp³-hybridized carbons (Fsp3) is 0.320. The van der Waals surface area contributed by atoms with Crippen LogP contribution < -0.4 is 9.47 Å². The molecule has 0 spiro atoms. The molecular formula is C25H27NO2. The first-order valence-electron chi connectivity index (χ1n) is 10.1. The van der Waals surface area contributed by atoms with Gasteiger partial charge in [-0.25, -0.2) is 0 Å². The quantitative estimate of drug-likeness (QED) is 0.525. The molecule has 28 heavy (non-hydrogen) atoms. The second kappa shape index (κ2) is 8.92. The van der Waals surface area contributed by atoms with E-state index >= 15 is 0 Å². The van der Waals surface area contributed by atoms with Gasteiger partial charge in [-0.3, -0.25) is 4.98 Å². The minimum Gasteiger partial charge on any atom is -0.493 e. The topological polar surface area (TPSA) is 31.4 Å². The van der Waals surface area contributed by atoms with E-state index in [2.05, 4.69) is 53.5 Å². The van der Waals surface area contributed by atoms with Crippen molar-refractivity contribution in [3.63, 3.8) is 0 Å². The van der Waals surface area contributed by atoms with Crippen molar-refractivity contribution in [2.45, 2.75) is 44.1 Å². The number of benzene rings is 2. The third-order valence-electron chi connectivity index (χ3n) is 5.55. The van der Waals surface area contributed by atoms with E-state index in [1.54, 1.807) is 7.11 Å². The zero-order valence-corrected chi connectivity index (χ0v) is 16.4. The average Bonchev–Trinajstić information content (AvgIpc) is 3.26. The van der Waals surface area contributed by atoms with Gasteiger partial charge in [-0.15, -0.1) is 0 Å². The minimum atomic E-state index is 0.238. The van der Waals surface area contributed by atoms with Gasteiger partial charge in [0.2, 0.25) is 0 Å². The van der Waals surface area contributed by atoms with Crippen LogP contribution >= 0.6 is 0 Å². The highest BCUT2D eigenvalue weighted by atomic mass is 16.5. The normalized spacial score (nSPS) is 15.3. The zero-order chi connectivity index (χ0) is 19.2. The summed E-state index contributed by atoms with van der Waals surface area (Å²) in [6, 6.07) is 21.2. The highest BCUT2D eigenvalue weighted by Crippen LogP contribution is 2.37. The summed E-state index contributed by atoms with van der Waals surface area (Å²) in [5.41, 5.74) is 3.76. The second-order valence-electron chi connectivity index (χ2n) is 7.46. The summed E-state index contributed by atoms with van der Waals surface area (Å²) in [6.45, 7) is 0. The van der Waals surface area contributed by atoms with Crippen molar-refractivity contribution in [3.8, 4) is 11.5 Å².